The SMILES string of the molecule is OCc1cc(-c2ccccn2)n(-c2ccccc2Cl)n1. The van der Waals surface area contributed by atoms with Crippen LogP contribution in [0.2, 0.25) is 5.02 Å². The number of nitrogens with zero attached hydrogens (tertiary/aromatic N) is 3. The van der Waals surface area contributed by atoms with Crippen molar-refractivity contribution in [1.82, 2.24) is 14.8 Å². The van der Waals surface area contributed by atoms with Crippen molar-refractivity contribution in [3.05, 3.63) is 65.4 Å². The van der Waals surface area contributed by atoms with E-state index < -0.39 is 0 Å². The average Bonchev–Trinajstić information content (AvgIpc) is 2.93. The average molecular weight is 286 g/mol. The molecule has 0 spiro atoms. The Morgan fingerprint density at radius 3 is 2.60 bits per heavy atom. The molecule has 0 fully saturated rings. The largest absolute Gasteiger partial charge is 0.390 e. The number of hydrogen-bond acceptors (Lipinski definition) is 3. The summed E-state index contributed by atoms with van der Waals surface area (Å²) in [5.74, 6) is 0. The number of benzene rings is 1. The van der Waals surface area contributed by atoms with Crippen LogP contribution in [0.4, 0.5) is 0 Å². The van der Waals surface area contributed by atoms with Crippen LogP contribution >= 0.6 is 11.6 Å². The molecule has 5 heteroatoms. The first-order valence-corrected chi connectivity index (χ1v) is 6.53. The van der Waals surface area contributed by atoms with E-state index in [0.29, 0.717) is 10.7 Å². The molecule has 2 aromatic heterocycles. The first kappa shape index (κ1) is 12.8. The summed E-state index contributed by atoms with van der Waals surface area (Å²) in [6.07, 6.45) is 1.72. The molecule has 0 unspecified atom stereocenters. The van der Waals surface area contributed by atoms with Crippen LogP contribution in [0.5, 0.6) is 0 Å². The summed E-state index contributed by atoms with van der Waals surface area (Å²) in [4.78, 5) is 4.33. The van der Waals surface area contributed by atoms with Gasteiger partial charge < -0.3 is 5.11 Å². The fourth-order valence-electron chi connectivity index (χ4n) is 2.01. The van der Waals surface area contributed by atoms with Gasteiger partial charge in [-0.15, -0.1) is 0 Å². The number of aliphatic hydroxyl groups is 1. The minimum Gasteiger partial charge on any atom is -0.390 e. The Balaban J connectivity index is 2.21. The summed E-state index contributed by atoms with van der Waals surface area (Å²) in [6.45, 7) is -0.128. The second kappa shape index (κ2) is 5.45. The molecule has 0 aliphatic carbocycles. The fourth-order valence-corrected chi connectivity index (χ4v) is 2.23. The highest BCUT2D eigenvalue weighted by Crippen LogP contribution is 2.26. The van der Waals surface area contributed by atoms with Crippen LogP contribution in [0, 0.1) is 0 Å². The van der Waals surface area contributed by atoms with Crippen LogP contribution < -0.4 is 0 Å². The minimum absolute atomic E-state index is 0.128. The predicted octanol–water partition coefficient (Wildman–Crippen LogP) is 3.08. The van der Waals surface area contributed by atoms with Crippen LogP contribution in [0.15, 0.2) is 54.7 Å². The van der Waals surface area contributed by atoms with Crippen molar-refractivity contribution in [1.29, 1.82) is 0 Å². The smallest absolute Gasteiger partial charge is 0.0929 e. The number of halogens is 1. The lowest BCUT2D eigenvalue weighted by atomic mass is 10.2. The van der Waals surface area contributed by atoms with Crippen LogP contribution in [0.1, 0.15) is 5.69 Å². The van der Waals surface area contributed by atoms with E-state index in [2.05, 4.69) is 10.1 Å². The summed E-state index contributed by atoms with van der Waals surface area (Å²) in [5, 5.41) is 14.3. The Hall–Kier alpha value is -2.17. The number of para-hydroxylation sites is 1. The lowest BCUT2D eigenvalue weighted by Gasteiger charge is -2.08. The first-order chi connectivity index (χ1) is 9.79. The second-order valence-corrected chi connectivity index (χ2v) is 4.66. The van der Waals surface area contributed by atoms with Crippen LogP contribution in [-0.4, -0.2) is 19.9 Å². The zero-order valence-electron chi connectivity index (χ0n) is 10.6. The van der Waals surface area contributed by atoms with Crippen molar-refractivity contribution in [2.24, 2.45) is 0 Å². The van der Waals surface area contributed by atoms with Gasteiger partial charge in [-0.2, -0.15) is 5.10 Å². The van der Waals surface area contributed by atoms with E-state index >= 15 is 0 Å². The quantitative estimate of drug-likeness (QED) is 0.804. The lowest BCUT2D eigenvalue weighted by molar-refractivity contribution is 0.276. The molecule has 0 bridgehead atoms. The second-order valence-electron chi connectivity index (χ2n) is 4.26. The summed E-state index contributed by atoms with van der Waals surface area (Å²) in [7, 11) is 0. The molecule has 3 rings (SSSR count). The van der Waals surface area contributed by atoms with Crippen molar-refractivity contribution in [3.8, 4) is 17.1 Å². The molecular weight excluding hydrogens is 274 g/mol. The van der Waals surface area contributed by atoms with Gasteiger partial charge in [-0.05, 0) is 30.3 Å². The first-order valence-electron chi connectivity index (χ1n) is 6.15. The topological polar surface area (TPSA) is 50.9 Å². The van der Waals surface area contributed by atoms with Crippen molar-refractivity contribution in [2.45, 2.75) is 6.61 Å². The Morgan fingerprint density at radius 2 is 1.90 bits per heavy atom. The minimum atomic E-state index is -0.128. The van der Waals surface area contributed by atoms with Crippen molar-refractivity contribution in [3.63, 3.8) is 0 Å². The number of aromatic nitrogens is 3. The zero-order chi connectivity index (χ0) is 13.9. The Bertz CT molecular complexity index is 725. The maximum Gasteiger partial charge on any atom is 0.0929 e. The number of pyridine rings is 1. The van der Waals surface area contributed by atoms with E-state index in [1.54, 1.807) is 16.9 Å². The number of aliphatic hydroxyl groups excluding tert-OH is 1. The molecule has 0 saturated carbocycles. The van der Waals surface area contributed by atoms with Crippen LogP contribution in [0.25, 0.3) is 17.1 Å². The molecular formula is C15H12ClN3O. The molecule has 3 aromatic rings. The Labute approximate surface area is 121 Å². The molecule has 100 valence electrons. The van der Waals surface area contributed by atoms with Gasteiger partial charge in [-0.25, -0.2) is 4.68 Å². The lowest BCUT2D eigenvalue weighted by Crippen LogP contribution is -2.01. The standard InChI is InChI=1S/C15H12ClN3O/c16-12-5-1-2-7-14(12)19-15(9-11(10-20)18-19)13-6-3-4-8-17-13/h1-9,20H,10H2. The molecule has 0 radical (unpaired) electrons. The molecule has 1 aromatic carbocycles. The fraction of sp³-hybridized carbons (Fsp3) is 0.0667. The third kappa shape index (κ3) is 2.31. The van der Waals surface area contributed by atoms with Gasteiger partial charge in [0.25, 0.3) is 0 Å². The maximum atomic E-state index is 9.31. The van der Waals surface area contributed by atoms with Gasteiger partial charge in [0.15, 0.2) is 0 Å². The van der Waals surface area contributed by atoms with Gasteiger partial charge in [0.1, 0.15) is 0 Å². The summed E-state index contributed by atoms with van der Waals surface area (Å²) >= 11 is 6.23. The van der Waals surface area contributed by atoms with Crippen molar-refractivity contribution < 1.29 is 5.11 Å². The summed E-state index contributed by atoms with van der Waals surface area (Å²) < 4.78 is 1.70. The van der Waals surface area contributed by atoms with Gasteiger partial charge in [0.2, 0.25) is 0 Å². The molecule has 2 heterocycles. The molecule has 0 aliphatic rings. The normalized spacial score (nSPS) is 10.7. The third-order valence-electron chi connectivity index (χ3n) is 2.93. The molecule has 0 saturated heterocycles. The highest BCUT2D eigenvalue weighted by molar-refractivity contribution is 6.32. The highest BCUT2D eigenvalue weighted by Gasteiger charge is 2.13. The molecule has 0 amide bonds. The van der Waals surface area contributed by atoms with E-state index in [9.17, 15) is 5.11 Å². The van der Waals surface area contributed by atoms with E-state index in [-0.39, 0.29) is 6.61 Å². The van der Waals surface area contributed by atoms with Gasteiger partial charge in [-0.3, -0.25) is 4.98 Å². The van der Waals surface area contributed by atoms with Crippen LogP contribution in [0.3, 0.4) is 0 Å². The highest BCUT2D eigenvalue weighted by atomic mass is 35.5. The third-order valence-corrected chi connectivity index (χ3v) is 3.25. The number of rotatable bonds is 3. The molecule has 20 heavy (non-hydrogen) atoms. The molecule has 4 nitrogen and oxygen atoms in total. The van der Waals surface area contributed by atoms with Crippen molar-refractivity contribution >= 4 is 11.6 Å². The van der Waals surface area contributed by atoms with Gasteiger partial charge in [0, 0.05) is 6.20 Å². The summed E-state index contributed by atoms with van der Waals surface area (Å²) in [5.41, 5.74) is 2.91. The van der Waals surface area contributed by atoms with E-state index in [1.807, 2.05) is 42.5 Å². The number of hydrogen-bond donors (Lipinski definition) is 1. The van der Waals surface area contributed by atoms with Gasteiger partial charge >= 0.3 is 0 Å². The molecule has 0 aliphatic heterocycles. The van der Waals surface area contributed by atoms with Crippen LogP contribution in [-0.2, 0) is 6.61 Å². The maximum absolute atomic E-state index is 9.31. The Kier molecular flexibility index (Phi) is 3.50. The molecule has 0 atom stereocenters. The van der Waals surface area contributed by atoms with Gasteiger partial charge in [-0.1, -0.05) is 29.8 Å². The summed E-state index contributed by atoms with van der Waals surface area (Å²) in [6, 6.07) is 14.9. The monoisotopic (exact) mass is 285 g/mol. The predicted molar refractivity (Wildman–Crippen MR) is 77.7 cm³/mol. The van der Waals surface area contributed by atoms with E-state index in [4.69, 9.17) is 11.6 Å². The van der Waals surface area contributed by atoms with Gasteiger partial charge in [0.05, 0.1) is 34.4 Å². The Morgan fingerprint density at radius 1 is 1.10 bits per heavy atom. The van der Waals surface area contributed by atoms with E-state index in [0.717, 1.165) is 17.1 Å². The zero-order valence-corrected chi connectivity index (χ0v) is 11.3. The van der Waals surface area contributed by atoms with E-state index in [1.165, 1.54) is 0 Å². The van der Waals surface area contributed by atoms with Crippen molar-refractivity contribution in [2.75, 3.05) is 0 Å². The molecule has 1 N–H and O–H groups in total.